The van der Waals surface area contributed by atoms with E-state index in [1.165, 1.54) is 39.1 Å². The lowest BCUT2D eigenvalue weighted by atomic mass is 9.87. The Balaban J connectivity index is 1.79. The van der Waals surface area contributed by atoms with Crippen LogP contribution in [0.1, 0.15) is 48.7 Å². The second kappa shape index (κ2) is 6.05. The van der Waals surface area contributed by atoms with Crippen LogP contribution >= 0.6 is 0 Å². The van der Waals surface area contributed by atoms with Gasteiger partial charge in [-0.3, -0.25) is 0 Å². The number of nitrogens with one attached hydrogen (secondary N) is 1. The van der Waals surface area contributed by atoms with Crippen LogP contribution in [0.5, 0.6) is 0 Å². The van der Waals surface area contributed by atoms with Gasteiger partial charge in [-0.15, -0.1) is 0 Å². The molecule has 0 atom stereocenters. The van der Waals surface area contributed by atoms with Crippen LogP contribution in [0.4, 0.5) is 0 Å². The summed E-state index contributed by atoms with van der Waals surface area (Å²) in [6.45, 7) is 2.99. The summed E-state index contributed by atoms with van der Waals surface area (Å²) in [7, 11) is 1.37. The number of esters is 1. The van der Waals surface area contributed by atoms with E-state index in [1.807, 2.05) is 0 Å². The number of hydrogen-bond donors (Lipinski definition) is 1. The molecule has 0 saturated heterocycles. The predicted molar refractivity (Wildman–Crippen MR) is 68.3 cm³/mol. The molecule has 4 heteroatoms. The zero-order valence-corrected chi connectivity index (χ0v) is 11.1. The van der Waals surface area contributed by atoms with E-state index in [4.69, 9.17) is 4.42 Å². The molecule has 0 radical (unpaired) electrons. The van der Waals surface area contributed by atoms with Gasteiger partial charge in [0.05, 0.1) is 19.2 Å². The molecular formula is C14H21NO3. The van der Waals surface area contributed by atoms with Crippen LogP contribution in [0.3, 0.4) is 0 Å². The normalized spacial score (nSPS) is 23.9. The third-order valence-corrected chi connectivity index (χ3v) is 3.66. The minimum Gasteiger partial charge on any atom is -0.467 e. The Hall–Kier alpha value is -1.29. The highest BCUT2D eigenvalue weighted by Crippen LogP contribution is 2.23. The van der Waals surface area contributed by atoms with Crippen molar-refractivity contribution in [3.05, 3.63) is 23.7 Å². The number of carbonyl (C=O) groups excluding carboxylic acids is 1. The van der Waals surface area contributed by atoms with Crippen molar-refractivity contribution in [2.24, 2.45) is 5.92 Å². The van der Waals surface area contributed by atoms with E-state index in [-0.39, 0.29) is 5.97 Å². The van der Waals surface area contributed by atoms with Crippen molar-refractivity contribution in [2.45, 2.75) is 45.2 Å². The fourth-order valence-corrected chi connectivity index (χ4v) is 2.41. The van der Waals surface area contributed by atoms with Gasteiger partial charge in [-0.25, -0.2) is 4.79 Å². The molecule has 4 nitrogen and oxygen atoms in total. The van der Waals surface area contributed by atoms with Crippen LogP contribution < -0.4 is 5.32 Å². The van der Waals surface area contributed by atoms with Gasteiger partial charge in [0.15, 0.2) is 0 Å². The van der Waals surface area contributed by atoms with E-state index in [9.17, 15) is 4.79 Å². The molecule has 18 heavy (non-hydrogen) atoms. The maximum atomic E-state index is 11.3. The lowest BCUT2D eigenvalue weighted by Gasteiger charge is -2.26. The van der Waals surface area contributed by atoms with Crippen molar-refractivity contribution in [3.63, 3.8) is 0 Å². The lowest BCUT2D eigenvalue weighted by Crippen LogP contribution is -2.32. The number of rotatable bonds is 4. The van der Waals surface area contributed by atoms with Gasteiger partial charge in [0.2, 0.25) is 0 Å². The van der Waals surface area contributed by atoms with E-state index in [0.717, 1.165) is 11.7 Å². The van der Waals surface area contributed by atoms with Crippen LogP contribution in [-0.2, 0) is 11.3 Å². The molecule has 0 amide bonds. The van der Waals surface area contributed by atoms with Gasteiger partial charge >= 0.3 is 5.97 Å². The van der Waals surface area contributed by atoms with Crippen molar-refractivity contribution in [2.75, 3.05) is 7.11 Å². The highest BCUT2D eigenvalue weighted by atomic mass is 16.5. The summed E-state index contributed by atoms with van der Waals surface area (Å²) in [5, 5.41) is 3.48. The van der Waals surface area contributed by atoms with Gasteiger partial charge in [-0.05, 0) is 37.7 Å². The Morgan fingerprint density at radius 2 is 2.17 bits per heavy atom. The number of methoxy groups -OCH3 is 1. The SMILES string of the molecule is COC(=O)c1coc(CNC2CCC(C)CC2)c1. The standard InChI is InChI=1S/C14H21NO3/c1-10-3-5-12(6-4-10)15-8-13-7-11(9-18-13)14(16)17-2/h7,9-10,12,15H,3-6,8H2,1-2H3. The monoisotopic (exact) mass is 251 g/mol. The van der Waals surface area contributed by atoms with Gasteiger partial charge in [0.25, 0.3) is 0 Å². The molecule has 1 fully saturated rings. The number of furan rings is 1. The molecule has 1 aromatic rings. The van der Waals surface area contributed by atoms with E-state index in [0.29, 0.717) is 18.2 Å². The number of carbonyl (C=O) groups is 1. The second-order valence-corrected chi connectivity index (χ2v) is 5.13. The van der Waals surface area contributed by atoms with Gasteiger partial charge in [0, 0.05) is 6.04 Å². The second-order valence-electron chi connectivity index (χ2n) is 5.13. The van der Waals surface area contributed by atoms with Gasteiger partial charge in [-0.2, -0.15) is 0 Å². The highest BCUT2D eigenvalue weighted by molar-refractivity contribution is 5.88. The molecule has 1 heterocycles. The average Bonchev–Trinajstić information content (AvgIpc) is 2.86. The van der Waals surface area contributed by atoms with Crippen LogP contribution in [0.25, 0.3) is 0 Å². The number of hydrogen-bond acceptors (Lipinski definition) is 4. The van der Waals surface area contributed by atoms with Gasteiger partial charge < -0.3 is 14.5 Å². The van der Waals surface area contributed by atoms with Crippen molar-refractivity contribution in [3.8, 4) is 0 Å². The van der Waals surface area contributed by atoms with Crippen LogP contribution in [0, 0.1) is 5.92 Å². The van der Waals surface area contributed by atoms with Crippen LogP contribution in [0.15, 0.2) is 16.7 Å². The average molecular weight is 251 g/mol. The molecule has 2 rings (SSSR count). The first-order chi connectivity index (χ1) is 8.69. The zero-order valence-electron chi connectivity index (χ0n) is 11.1. The fourth-order valence-electron chi connectivity index (χ4n) is 2.41. The van der Waals surface area contributed by atoms with Gasteiger partial charge in [0.1, 0.15) is 12.0 Å². The Morgan fingerprint density at radius 1 is 1.44 bits per heavy atom. The van der Waals surface area contributed by atoms with E-state index in [1.54, 1.807) is 6.07 Å². The van der Waals surface area contributed by atoms with Gasteiger partial charge in [-0.1, -0.05) is 6.92 Å². The van der Waals surface area contributed by atoms with E-state index < -0.39 is 0 Å². The zero-order chi connectivity index (χ0) is 13.0. The molecule has 1 N–H and O–H groups in total. The number of ether oxygens (including phenoxy) is 1. The molecular weight excluding hydrogens is 230 g/mol. The minimum atomic E-state index is -0.350. The predicted octanol–water partition coefficient (Wildman–Crippen LogP) is 2.73. The molecule has 0 unspecified atom stereocenters. The molecule has 0 aromatic carbocycles. The van der Waals surface area contributed by atoms with Crippen molar-refractivity contribution >= 4 is 5.97 Å². The minimum absolute atomic E-state index is 0.350. The molecule has 1 aliphatic carbocycles. The summed E-state index contributed by atoms with van der Waals surface area (Å²) >= 11 is 0. The Morgan fingerprint density at radius 3 is 2.83 bits per heavy atom. The van der Waals surface area contributed by atoms with E-state index >= 15 is 0 Å². The quantitative estimate of drug-likeness (QED) is 0.836. The summed E-state index contributed by atoms with van der Waals surface area (Å²) in [6.07, 6.45) is 6.50. The third-order valence-electron chi connectivity index (χ3n) is 3.66. The lowest BCUT2D eigenvalue weighted by molar-refractivity contribution is 0.0600. The summed E-state index contributed by atoms with van der Waals surface area (Å²) in [5.74, 6) is 1.29. The van der Waals surface area contributed by atoms with Crippen molar-refractivity contribution < 1.29 is 13.9 Å². The van der Waals surface area contributed by atoms with E-state index in [2.05, 4.69) is 17.0 Å². The Bertz CT molecular complexity index is 391. The topological polar surface area (TPSA) is 51.5 Å². The molecule has 100 valence electrons. The molecule has 0 aliphatic heterocycles. The highest BCUT2D eigenvalue weighted by Gasteiger charge is 2.18. The molecule has 0 bridgehead atoms. The summed E-state index contributed by atoms with van der Waals surface area (Å²) in [6, 6.07) is 2.32. The first kappa shape index (κ1) is 13.1. The summed E-state index contributed by atoms with van der Waals surface area (Å²) in [4.78, 5) is 11.3. The molecule has 0 spiro atoms. The van der Waals surface area contributed by atoms with Crippen LogP contribution in [0.2, 0.25) is 0 Å². The van der Waals surface area contributed by atoms with Crippen LogP contribution in [-0.4, -0.2) is 19.1 Å². The first-order valence-electron chi connectivity index (χ1n) is 6.58. The van der Waals surface area contributed by atoms with Crippen molar-refractivity contribution in [1.29, 1.82) is 0 Å². The largest absolute Gasteiger partial charge is 0.467 e. The summed E-state index contributed by atoms with van der Waals surface area (Å²) in [5.41, 5.74) is 0.478. The maximum absolute atomic E-state index is 11.3. The molecule has 1 saturated carbocycles. The Kier molecular flexibility index (Phi) is 4.42. The molecule has 1 aliphatic rings. The molecule has 1 aromatic heterocycles. The first-order valence-corrected chi connectivity index (χ1v) is 6.58. The van der Waals surface area contributed by atoms with Crippen molar-refractivity contribution in [1.82, 2.24) is 5.32 Å². The Labute approximate surface area is 108 Å². The maximum Gasteiger partial charge on any atom is 0.341 e. The summed E-state index contributed by atoms with van der Waals surface area (Å²) < 4.78 is 9.97. The fraction of sp³-hybridized carbons (Fsp3) is 0.643. The third kappa shape index (κ3) is 3.35. The smallest absolute Gasteiger partial charge is 0.341 e.